The Bertz CT molecular complexity index is 441. The first kappa shape index (κ1) is 15.4. The van der Waals surface area contributed by atoms with E-state index in [4.69, 9.17) is 10.5 Å². The summed E-state index contributed by atoms with van der Waals surface area (Å²) in [6.07, 6.45) is 4.12. The lowest BCUT2D eigenvalue weighted by molar-refractivity contribution is 0.0453. The summed E-state index contributed by atoms with van der Waals surface area (Å²) in [6, 6.07) is 6.35. The van der Waals surface area contributed by atoms with Crippen molar-refractivity contribution in [3.63, 3.8) is 0 Å². The van der Waals surface area contributed by atoms with Gasteiger partial charge < -0.3 is 10.5 Å². The minimum absolute atomic E-state index is 0.339. The van der Waals surface area contributed by atoms with Crippen LogP contribution in [0.1, 0.15) is 51.2 Å². The average molecular weight is 275 g/mol. The van der Waals surface area contributed by atoms with Crippen LogP contribution >= 0.6 is 0 Å². The predicted octanol–water partition coefficient (Wildman–Crippen LogP) is 4.29. The van der Waals surface area contributed by atoms with Crippen molar-refractivity contribution in [2.24, 2.45) is 23.5 Å². The zero-order chi connectivity index (χ0) is 14.7. The molecule has 1 aromatic carbocycles. The molecule has 20 heavy (non-hydrogen) atoms. The standard InChI is InChI=1S/C18H29NO/c1-12(2)16-8-6-14(4)10-18(16)20-17-9-13(3)5-7-15(17)11-19/h5,7,9,12,14,16,18H,6,8,10-11,19H2,1-4H3. The average Bonchev–Trinajstić information content (AvgIpc) is 2.38. The van der Waals surface area contributed by atoms with E-state index < -0.39 is 0 Å². The second kappa shape index (κ2) is 6.62. The first-order valence-corrected chi connectivity index (χ1v) is 7.97. The zero-order valence-electron chi connectivity index (χ0n) is 13.4. The Morgan fingerprint density at radius 3 is 2.70 bits per heavy atom. The van der Waals surface area contributed by atoms with Gasteiger partial charge in [0.15, 0.2) is 0 Å². The summed E-state index contributed by atoms with van der Waals surface area (Å²) in [7, 11) is 0. The second-order valence-corrected chi connectivity index (χ2v) is 6.80. The van der Waals surface area contributed by atoms with Crippen molar-refractivity contribution < 1.29 is 4.74 Å². The normalized spacial score (nSPS) is 26.8. The van der Waals surface area contributed by atoms with Crippen LogP contribution in [0, 0.1) is 24.7 Å². The lowest BCUT2D eigenvalue weighted by Gasteiger charge is -2.37. The monoisotopic (exact) mass is 275 g/mol. The molecule has 112 valence electrons. The third kappa shape index (κ3) is 3.54. The molecule has 0 radical (unpaired) electrons. The molecule has 3 atom stereocenters. The maximum Gasteiger partial charge on any atom is 0.124 e. The summed E-state index contributed by atoms with van der Waals surface area (Å²) < 4.78 is 6.42. The number of hydrogen-bond acceptors (Lipinski definition) is 2. The van der Waals surface area contributed by atoms with Crippen molar-refractivity contribution >= 4 is 0 Å². The fraction of sp³-hybridized carbons (Fsp3) is 0.667. The van der Waals surface area contributed by atoms with Crippen LogP contribution in [-0.4, -0.2) is 6.10 Å². The molecule has 1 aliphatic rings. The van der Waals surface area contributed by atoms with Crippen LogP contribution in [0.5, 0.6) is 5.75 Å². The Morgan fingerprint density at radius 2 is 2.05 bits per heavy atom. The molecule has 1 aliphatic carbocycles. The van der Waals surface area contributed by atoms with E-state index in [1.807, 2.05) is 0 Å². The predicted molar refractivity (Wildman–Crippen MR) is 84.8 cm³/mol. The van der Waals surface area contributed by atoms with Crippen LogP contribution in [-0.2, 0) is 6.54 Å². The Hall–Kier alpha value is -1.02. The first-order valence-electron chi connectivity index (χ1n) is 7.97. The lowest BCUT2D eigenvalue weighted by atomic mass is 9.75. The van der Waals surface area contributed by atoms with E-state index >= 15 is 0 Å². The number of benzene rings is 1. The Balaban J connectivity index is 2.19. The van der Waals surface area contributed by atoms with Gasteiger partial charge in [0.1, 0.15) is 11.9 Å². The van der Waals surface area contributed by atoms with Crippen molar-refractivity contribution in [3.05, 3.63) is 29.3 Å². The minimum atomic E-state index is 0.339. The minimum Gasteiger partial charge on any atom is -0.490 e. The van der Waals surface area contributed by atoms with Gasteiger partial charge in [0, 0.05) is 12.1 Å². The molecule has 0 saturated heterocycles. The van der Waals surface area contributed by atoms with Gasteiger partial charge >= 0.3 is 0 Å². The molecule has 0 amide bonds. The van der Waals surface area contributed by atoms with E-state index in [0.717, 1.165) is 17.2 Å². The maximum absolute atomic E-state index is 6.42. The van der Waals surface area contributed by atoms with Crippen LogP contribution in [0.15, 0.2) is 18.2 Å². The Kier molecular flexibility index (Phi) is 5.09. The van der Waals surface area contributed by atoms with Crippen LogP contribution in [0.3, 0.4) is 0 Å². The van der Waals surface area contributed by atoms with Gasteiger partial charge in [-0.1, -0.05) is 39.3 Å². The summed E-state index contributed by atoms with van der Waals surface area (Å²) in [5.41, 5.74) is 8.21. The summed E-state index contributed by atoms with van der Waals surface area (Å²) in [5, 5.41) is 0. The molecule has 2 heteroatoms. The highest BCUT2D eigenvalue weighted by atomic mass is 16.5. The van der Waals surface area contributed by atoms with Crippen LogP contribution in [0.4, 0.5) is 0 Å². The van der Waals surface area contributed by atoms with Gasteiger partial charge in [0.05, 0.1) is 0 Å². The molecule has 1 saturated carbocycles. The van der Waals surface area contributed by atoms with Crippen LogP contribution in [0.25, 0.3) is 0 Å². The van der Waals surface area contributed by atoms with Crippen molar-refractivity contribution in [2.45, 2.75) is 59.6 Å². The second-order valence-electron chi connectivity index (χ2n) is 6.80. The van der Waals surface area contributed by atoms with E-state index in [1.54, 1.807) is 0 Å². The highest BCUT2D eigenvalue weighted by Crippen LogP contribution is 2.36. The first-order chi connectivity index (χ1) is 9.51. The molecule has 0 aromatic heterocycles. The zero-order valence-corrected chi connectivity index (χ0v) is 13.4. The molecule has 0 heterocycles. The lowest BCUT2D eigenvalue weighted by Crippen LogP contribution is -2.36. The van der Waals surface area contributed by atoms with E-state index in [9.17, 15) is 0 Å². The maximum atomic E-state index is 6.42. The topological polar surface area (TPSA) is 35.2 Å². The molecule has 2 rings (SSSR count). The van der Waals surface area contributed by atoms with E-state index in [-0.39, 0.29) is 0 Å². The Labute approximate surface area is 123 Å². The van der Waals surface area contributed by atoms with Crippen molar-refractivity contribution in [1.29, 1.82) is 0 Å². The molecule has 1 aromatic rings. The van der Waals surface area contributed by atoms with Crippen molar-refractivity contribution in [1.82, 2.24) is 0 Å². The summed E-state index contributed by atoms with van der Waals surface area (Å²) in [6.45, 7) is 9.63. The molecular formula is C18H29NO. The molecule has 1 fully saturated rings. The van der Waals surface area contributed by atoms with E-state index in [0.29, 0.717) is 24.5 Å². The third-order valence-corrected chi connectivity index (χ3v) is 4.68. The van der Waals surface area contributed by atoms with Gasteiger partial charge in [0.2, 0.25) is 0 Å². The van der Waals surface area contributed by atoms with Crippen LogP contribution in [0.2, 0.25) is 0 Å². The number of ether oxygens (including phenoxy) is 1. The molecule has 2 nitrogen and oxygen atoms in total. The highest BCUT2D eigenvalue weighted by Gasteiger charge is 2.32. The third-order valence-electron chi connectivity index (χ3n) is 4.68. The fourth-order valence-electron chi connectivity index (χ4n) is 3.35. The molecule has 0 spiro atoms. The summed E-state index contributed by atoms with van der Waals surface area (Å²) in [5.74, 6) is 3.11. The van der Waals surface area contributed by atoms with E-state index in [2.05, 4.69) is 45.9 Å². The quantitative estimate of drug-likeness (QED) is 0.889. The number of hydrogen-bond donors (Lipinski definition) is 1. The van der Waals surface area contributed by atoms with Crippen molar-refractivity contribution in [2.75, 3.05) is 0 Å². The molecular weight excluding hydrogens is 246 g/mol. The van der Waals surface area contributed by atoms with Crippen molar-refractivity contribution in [3.8, 4) is 5.75 Å². The SMILES string of the molecule is Cc1ccc(CN)c(OC2CC(C)CCC2C(C)C)c1. The summed E-state index contributed by atoms with van der Waals surface area (Å²) >= 11 is 0. The molecule has 3 unspecified atom stereocenters. The highest BCUT2D eigenvalue weighted by molar-refractivity contribution is 5.37. The fourth-order valence-corrected chi connectivity index (χ4v) is 3.35. The smallest absolute Gasteiger partial charge is 0.124 e. The van der Waals surface area contributed by atoms with Gasteiger partial charge in [-0.05, 0) is 49.1 Å². The molecule has 0 bridgehead atoms. The van der Waals surface area contributed by atoms with E-state index in [1.165, 1.54) is 24.8 Å². The van der Waals surface area contributed by atoms with Gasteiger partial charge in [-0.2, -0.15) is 0 Å². The van der Waals surface area contributed by atoms with Gasteiger partial charge in [0.25, 0.3) is 0 Å². The summed E-state index contributed by atoms with van der Waals surface area (Å²) in [4.78, 5) is 0. The van der Waals surface area contributed by atoms with Gasteiger partial charge in [-0.15, -0.1) is 0 Å². The number of nitrogens with two attached hydrogens (primary N) is 1. The van der Waals surface area contributed by atoms with Crippen LogP contribution < -0.4 is 10.5 Å². The van der Waals surface area contributed by atoms with Gasteiger partial charge in [-0.25, -0.2) is 0 Å². The van der Waals surface area contributed by atoms with Gasteiger partial charge in [-0.3, -0.25) is 0 Å². The number of rotatable bonds is 4. The largest absolute Gasteiger partial charge is 0.490 e. The molecule has 2 N–H and O–H groups in total. The molecule has 0 aliphatic heterocycles. The number of aryl methyl sites for hydroxylation is 1. The Morgan fingerprint density at radius 1 is 1.30 bits per heavy atom.